The lowest BCUT2D eigenvalue weighted by molar-refractivity contribution is 0.0903. The Labute approximate surface area is 214 Å². The second kappa shape index (κ2) is 12.8. The number of aromatic nitrogens is 2. The molecule has 9 heteroatoms. The van der Waals surface area contributed by atoms with Gasteiger partial charge in [-0.3, -0.25) is 4.79 Å². The number of pyridine rings is 1. The highest BCUT2D eigenvalue weighted by Crippen LogP contribution is 2.27. The van der Waals surface area contributed by atoms with Gasteiger partial charge in [-0.05, 0) is 66.8 Å². The standard InChI is InChI=1S/C24H27BrFN5O2.C2H6/c1-14-12-29-23(30-19-2-4-33-5-3-19)10-20(14)16-8-21(28-13-16)24(32)31-22(11-27)15-6-17(25)9-18(26)7-15;1-2/h6-10,12-13,19,22,28H,2-5,11,27H2,1H3,(H,29,30)(H,31,32);1-2H3. The number of nitrogens with zero attached hydrogens (tertiary/aromatic N) is 1. The molecule has 1 aliphatic rings. The summed E-state index contributed by atoms with van der Waals surface area (Å²) in [6.45, 7) is 7.63. The zero-order valence-electron chi connectivity index (χ0n) is 20.3. The van der Waals surface area contributed by atoms with Gasteiger partial charge >= 0.3 is 0 Å². The summed E-state index contributed by atoms with van der Waals surface area (Å²) >= 11 is 3.28. The van der Waals surface area contributed by atoms with Crippen molar-refractivity contribution in [3.8, 4) is 11.1 Å². The molecule has 0 saturated carbocycles. The maximum atomic E-state index is 13.8. The van der Waals surface area contributed by atoms with E-state index in [0.29, 0.717) is 21.8 Å². The first-order valence-electron chi connectivity index (χ1n) is 11.9. The number of hydrogen-bond acceptors (Lipinski definition) is 5. The van der Waals surface area contributed by atoms with E-state index in [1.807, 2.05) is 33.0 Å². The number of halogens is 2. The molecule has 0 radical (unpaired) electrons. The fraction of sp³-hybridized carbons (Fsp3) is 0.385. The molecule has 3 heterocycles. The van der Waals surface area contributed by atoms with Crippen LogP contribution in [0.15, 0.2) is 47.2 Å². The van der Waals surface area contributed by atoms with Crippen molar-refractivity contribution in [3.63, 3.8) is 0 Å². The first-order chi connectivity index (χ1) is 16.9. The van der Waals surface area contributed by atoms with Gasteiger partial charge in [-0.1, -0.05) is 29.8 Å². The van der Waals surface area contributed by atoms with E-state index in [2.05, 4.69) is 36.5 Å². The highest BCUT2D eigenvalue weighted by molar-refractivity contribution is 9.10. The number of carbonyl (C=O) groups excluding carboxylic acids is 1. The average Bonchev–Trinajstić information content (AvgIpc) is 3.35. The summed E-state index contributed by atoms with van der Waals surface area (Å²) < 4.78 is 19.8. The Bertz CT molecular complexity index is 1110. The van der Waals surface area contributed by atoms with Gasteiger partial charge in [0.25, 0.3) is 5.91 Å². The number of hydrogen-bond donors (Lipinski definition) is 4. The molecule has 0 bridgehead atoms. The predicted octanol–water partition coefficient (Wildman–Crippen LogP) is 5.33. The summed E-state index contributed by atoms with van der Waals surface area (Å²) in [6, 6.07) is 8.09. The predicted molar refractivity (Wildman–Crippen MR) is 141 cm³/mol. The minimum Gasteiger partial charge on any atom is -0.381 e. The number of H-pyrrole nitrogens is 1. The third kappa shape index (κ3) is 7.13. The van der Waals surface area contributed by atoms with Gasteiger partial charge in [-0.15, -0.1) is 0 Å². The topological polar surface area (TPSA) is 105 Å². The first-order valence-corrected chi connectivity index (χ1v) is 12.7. The molecule has 35 heavy (non-hydrogen) atoms. The Morgan fingerprint density at radius 2 is 2.00 bits per heavy atom. The molecule has 1 aromatic carbocycles. The number of rotatable bonds is 7. The maximum Gasteiger partial charge on any atom is 0.268 e. The van der Waals surface area contributed by atoms with Gasteiger partial charge in [0.15, 0.2) is 0 Å². The lowest BCUT2D eigenvalue weighted by Gasteiger charge is -2.24. The van der Waals surface area contributed by atoms with Crippen LogP contribution in [0.25, 0.3) is 11.1 Å². The Hall–Kier alpha value is -2.75. The Morgan fingerprint density at radius 3 is 2.69 bits per heavy atom. The SMILES string of the molecule is CC.Cc1cnc(NC2CCOCC2)cc1-c1c[nH]c(C(=O)NC(CN)c2cc(F)cc(Br)c2)c1. The second-order valence-corrected chi connectivity index (χ2v) is 9.10. The van der Waals surface area contributed by atoms with Crippen LogP contribution in [0, 0.1) is 12.7 Å². The summed E-state index contributed by atoms with van der Waals surface area (Å²) in [6.07, 6.45) is 5.52. The molecule has 5 N–H and O–H groups in total. The molecule has 0 aliphatic carbocycles. The summed E-state index contributed by atoms with van der Waals surface area (Å²) in [4.78, 5) is 20.4. The third-order valence-corrected chi connectivity index (χ3v) is 6.20. The zero-order valence-corrected chi connectivity index (χ0v) is 21.9. The molecule has 3 aromatic rings. The van der Waals surface area contributed by atoms with Crippen LogP contribution in [0.2, 0.25) is 0 Å². The van der Waals surface area contributed by atoms with E-state index in [0.717, 1.165) is 48.6 Å². The first kappa shape index (κ1) is 26.8. The summed E-state index contributed by atoms with van der Waals surface area (Å²) in [5.74, 6) is 0.0893. The molecule has 1 fully saturated rings. The highest BCUT2D eigenvalue weighted by Gasteiger charge is 2.19. The van der Waals surface area contributed by atoms with Gasteiger partial charge in [-0.25, -0.2) is 9.37 Å². The fourth-order valence-corrected chi connectivity index (χ4v) is 4.42. The van der Waals surface area contributed by atoms with Crippen molar-refractivity contribution in [2.24, 2.45) is 5.73 Å². The van der Waals surface area contributed by atoms with Gasteiger partial charge in [-0.2, -0.15) is 0 Å². The van der Waals surface area contributed by atoms with Crippen molar-refractivity contribution in [3.05, 3.63) is 69.8 Å². The molecule has 1 amide bonds. The van der Waals surface area contributed by atoms with Crippen LogP contribution in [-0.2, 0) is 4.74 Å². The lowest BCUT2D eigenvalue weighted by Crippen LogP contribution is -2.33. The molecule has 1 unspecified atom stereocenters. The number of carbonyl (C=O) groups is 1. The molecule has 1 saturated heterocycles. The van der Waals surface area contributed by atoms with Crippen molar-refractivity contribution >= 4 is 27.7 Å². The van der Waals surface area contributed by atoms with E-state index < -0.39 is 11.9 Å². The number of aromatic amines is 1. The Morgan fingerprint density at radius 1 is 1.26 bits per heavy atom. The van der Waals surface area contributed by atoms with Crippen LogP contribution in [0.5, 0.6) is 0 Å². The largest absolute Gasteiger partial charge is 0.381 e. The van der Waals surface area contributed by atoms with Gasteiger partial charge < -0.3 is 26.1 Å². The van der Waals surface area contributed by atoms with Crippen molar-refractivity contribution < 1.29 is 13.9 Å². The molecule has 4 rings (SSSR count). The normalized spacial score (nSPS) is 14.6. The van der Waals surface area contributed by atoms with Crippen LogP contribution in [-0.4, -0.2) is 41.7 Å². The number of benzene rings is 1. The minimum atomic E-state index is -0.519. The smallest absolute Gasteiger partial charge is 0.268 e. The van der Waals surface area contributed by atoms with E-state index in [-0.39, 0.29) is 12.5 Å². The number of anilines is 1. The average molecular weight is 546 g/mol. The fourth-order valence-electron chi connectivity index (χ4n) is 3.94. The van der Waals surface area contributed by atoms with Crippen LogP contribution in [0.4, 0.5) is 10.2 Å². The third-order valence-electron chi connectivity index (χ3n) is 5.74. The molecule has 188 valence electrons. The molecule has 7 nitrogen and oxygen atoms in total. The van der Waals surface area contributed by atoms with Gasteiger partial charge in [0.1, 0.15) is 17.3 Å². The van der Waals surface area contributed by atoms with Crippen molar-refractivity contribution in [2.45, 2.75) is 45.7 Å². The molecular weight excluding hydrogens is 513 g/mol. The van der Waals surface area contributed by atoms with Crippen LogP contribution >= 0.6 is 15.9 Å². The molecule has 2 aromatic heterocycles. The number of nitrogens with one attached hydrogen (secondary N) is 3. The quantitative estimate of drug-likeness (QED) is 0.321. The molecule has 1 aliphatic heterocycles. The van der Waals surface area contributed by atoms with Gasteiger partial charge in [0.2, 0.25) is 0 Å². The van der Waals surface area contributed by atoms with Crippen LogP contribution in [0.1, 0.15) is 54.3 Å². The second-order valence-electron chi connectivity index (χ2n) is 8.18. The van der Waals surface area contributed by atoms with Crippen LogP contribution in [0.3, 0.4) is 0 Å². The van der Waals surface area contributed by atoms with Crippen molar-refractivity contribution in [1.29, 1.82) is 0 Å². The van der Waals surface area contributed by atoms with E-state index in [4.69, 9.17) is 10.5 Å². The minimum absolute atomic E-state index is 0.139. The number of nitrogens with two attached hydrogens (primary N) is 1. The number of ether oxygens (including phenoxy) is 1. The van der Waals surface area contributed by atoms with Crippen molar-refractivity contribution in [1.82, 2.24) is 15.3 Å². The Kier molecular flexibility index (Phi) is 9.83. The maximum absolute atomic E-state index is 13.8. The zero-order chi connectivity index (χ0) is 25.4. The Balaban J connectivity index is 0.00000167. The lowest BCUT2D eigenvalue weighted by atomic mass is 10.0. The van der Waals surface area contributed by atoms with E-state index in [9.17, 15) is 9.18 Å². The summed E-state index contributed by atoms with van der Waals surface area (Å²) in [5.41, 5.74) is 9.72. The van der Waals surface area contributed by atoms with E-state index in [1.54, 1.807) is 18.3 Å². The van der Waals surface area contributed by atoms with Crippen LogP contribution < -0.4 is 16.4 Å². The monoisotopic (exact) mass is 545 g/mol. The number of aryl methyl sites for hydroxylation is 1. The summed E-state index contributed by atoms with van der Waals surface area (Å²) in [7, 11) is 0. The summed E-state index contributed by atoms with van der Waals surface area (Å²) in [5, 5.41) is 6.36. The van der Waals surface area contributed by atoms with E-state index in [1.165, 1.54) is 12.1 Å². The number of amides is 1. The molecule has 0 spiro atoms. The molecular formula is C26H33BrFN5O2. The van der Waals surface area contributed by atoms with Gasteiger partial charge in [0, 0.05) is 48.2 Å². The van der Waals surface area contributed by atoms with E-state index >= 15 is 0 Å². The molecule has 1 atom stereocenters. The van der Waals surface area contributed by atoms with Gasteiger partial charge in [0.05, 0.1) is 6.04 Å². The van der Waals surface area contributed by atoms with Crippen molar-refractivity contribution in [2.75, 3.05) is 25.1 Å². The highest BCUT2D eigenvalue weighted by atomic mass is 79.9.